The van der Waals surface area contributed by atoms with E-state index in [1.807, 2.05) is 24.3 Å². The first-order valence-corrected chi connectivity index (χ1v) is 16.9. The van der Waals surface area contributed by atoms with Crippen molar-refractivity contribution in [1.82, 2.24) is 0 Å². The van der Waals surface area contributed by atoms with E-state index in [9.17, 15) is 0 Å². The zero-order valence-electron chi connectivity index (χ0n) is 19.6. The van der Waals surface area contributed by atoms with Crippen molar-refractivity contribution in [2.24, 2.45) is 0 Å². The van der Waals surface area contributed by atoms with Crippen molar-refractivity contribution in [2.75, 3.05) is 13.2 Å². The molecule has 0 saturated heterocycles. The van der Waals surface area contributed by atoms with Crippen LogP contribution in [0.2, 0.25) is 36.3 Å². The van der Waals surface area contributed by atoms with Gasteiger partial charge in [0.15, 0.2) is 16.6 Å². The summed E-state index contributed by atoms with van der Waals surface area (Å²) < 4.78 is 20.2. The summed E-state index contributed by atoms with van der Waals surface area (Å²) in [5.41, 5.74) is 0. The van der Waals surface area contributed by atoms with Crippen molar-refractivity contribution in [3.05, 3.63) is 28.7 Å². The fourth-order valence-corrected chi connectivity index (χ4v) is 4.56. The Morgan fingerprint density at radius 2 is 1.43 bits per heavy atom. The largest absolute Gasteiger partial charge is 0.488 e. The average Bonchev–Trinajstić information content (AvgIpc) is 2.50. The SMILES string of the molecule is CC(C)(C)[Si](C)(C)OCCC(CO[Si](C)(C)C(C)(C)C)Oc1cccc(Br)c1. The standard InChI is InChI=1S/C22H41BrO3Si2/c1-21(2,3)27(7,8)24-15-14-20(17-25-28(9,10)22(4,5)6)26-19-13-11-12-18(23)16-19/h11-13,16,20H,14-15,17H2,1-10H3. The van der Waals surface area contributed by atoms with Gasteiger partial charge in [-0.15, -0.1) is 0 Å². The molecule has 0 radical (unpaired) electrons. The molecule has 28 heavy (non-hydrogen) atoms. The minimum atomic E-state index is -1.82. The zero-order chi connectivity index (χ0) is 21.8. The van der Waals surface area contributed by atoms with Crippen LogP contribution in [0.15, 0.2) is 28.7 Å². The smallest absolute Gasteiger partial charge is 0.192 e. The number of ether oxygens (including phenoxy) is 1. The van der Waals surface area contributed by atoms with E-state index >= 15 is 0 Å². The van der Waals surface area contributed by atoms with E-state index in [4.69, 9.17) is 13.6 Å². The number of halogens is 1. The van der Waals surface area contributed by atoms with Crippen LogP contribution in [0.4, 0.5) is 0 Å². The van der Waals surface area contributed by atoms with Gasteiger partial charge in [-0.2, -0.15) is 0 Å². The van der Waals surface area contributed by atoms with Crippen molar-refractivity contribution in [1.29, 1.82) is 0 Å². The lowest BCUT2D eigenvalue weighted by Crippen LogP contribution is -2.44. The molecule has 1 atom stereocenters. The minimum absolute atomic E-state index is 0.0202. The lowest BCUT2D eigenvalue weighted by atomic mass is 10.2. The van der Waals surface area contributed by atoms with Crippen molar-refractivity contribution in [3.63, 3.8) is 0 Å². The van der Waals surface area contributed by atoms with Crippen LogP contribution in [0, 0.1) is 0 Å². The summed E-state index contributed by atoms with van der Waals surface area (Å²) in [6, 6.07) is 8.01. The number of hydrogen-bond acceptors (Lipinski definition) is 3. The van der Waals surface area contributed by atoms with Crippen molar-refractivity contribution < 1.29 is 13.6 Å². The molecule has 0 aliphatic carbocycles. The molecule has 6 heteroatoms. The molecule has 3 nitrogen and oxygen atoms in total. The van der Waals surface area contributed by atoms with E-state index in [0.29, 0.717) is 13.2 Å². The molecule has 0 amide bonds. The monoisotopic (exact) mass is 488 g/mol. The van der Waals surface area contributed by atoms with Crippen LogP contribution < -0.4 is 4.74 Å². The maximum atomic E-state index is 6.47. The van der Waals surface area contributed by atoms with Gasteiger partial charge in [0.05, 0.1) is 6.61 Å². The minimum Gasteiger partial charge on any atom is -0.488 e. The first-order chi connectivity index (χ1) is 12.6. The highest BCUT2D eigenvalue weighted by Crippen LogP contribution is 2.38. The van der Waals surface area contributed by atoms with Gasteiger partial charge in [-0.1, -0.05) is 63.5 Å². The van der Waals surface area contributed by atoms with Crippen molar-refractivity contribution in [3.8, 4) is 5.75 Å². The Kier molecular flexibility index (Phi) is 9.04. The van der Waals surface area contributed by atoms with Gasteiger partial charge in [0, 0.05) is 17.5 Å². The van der Waals surface area contributed by atoms with Crippen LogP contribution >= 0.6 is 15.9 Å². The van der Waals surface area contributed by atoms with Crippen LogP contribution in [-0.4, -0.2) is 36.0 Å². The van der Waals surface area contributed by atoms with E-state index in [1.165, 1.54) is 0 Å². The predicted molar refractivity (Wildman–Crippen MR) is 129 cm³/mol. The van der Waals surface area contributed by atoms with Gasteiger partial charge in [-0.3, -0.25) is 0 Å². The van der Waals surface area contributed by atoms with Crippen LogP contribution in [0.5, 0.6) is 5.75 Å². The van der Waals surface area contributed by atoms with Crippen LogP contribution in [0.3, 0.4) is 0 Å². The van der Waals surface area contributed by atoms with Crippen molar-refractivity contribution >= 4 is 32.6 Å². The van der Waals surface area contributed by atoms with E-state index in [1.54, 1.807) is 0 Å². The van der Waals surface area contributed by atoms with Crippen LogP contribution in [0.25, 0.3) is 0 Å². The summed E-state index contributed by atoms with van der Waals surface area (Å²) in [5, 5.41) is 0.399. The Bertz CT molecular complexity index is 619. The molecule has 0 fully saturated rings. The first-order valence-electron chi connectivity index (χ1n) is 10.3. The second-order valence-electron chi connectivity index (χ2n) is 10.7. The summed E-state index contributed by atoms with van der Waals surface area (Å²) in [6.45, 7) is 24.1. The fraction of sp³-hybridized carbons (Fsp3) is 0.727. The lowest BCUT2D eigenvalue weighted by Gasteiger charge is -2.38. The second-order valence-corrected chi connectivity index (χ2v) is 21.2. The Morgan fingerprint density at radius 3 is 1.93 bits per heavy atom. The predicted octanol–water partition coefficient (Wildman–Crippen LogP) is 7.63. The highest BCUT2D eigenvalue weighted by molar-refractivity contribution is 9.10. The number of hydrogen-bond donors (Lipinski definition) is 0. The summed E-state index contributed by atoms with van der Waals surface area (Å²) in [4.78, 5) is 0. The molecule has 1 aromatic rings. The number of benzene rings is 1. The summed E-state index contributed by atoms with van der Waals surface area (Å²) in [7, 11) is -3.58. The third-order valence-electron chi connectivity index (χ3n) is 6.24. The zero-order valence-corrected chi connectivity index (χ0v) is 23.2. The van der Waals surface area contributed by atoms with Gasteiger partial charge in [0.25, 0.3) is 0 Å². The molecule has 0 aromatic heterocycles. The Labute approximate surface area is 183 Å². The molecule has 0 saturated carbocycles. The lowest BCUT2D eigenvalue weighted by molar-refractivity contribution is 0.0962. The number of rotatable bonds is 9. The van der Waals surface area contributed by atoms with Gasteiger partial charge >= 0.3 is 0 Å². The van der Waals surface area contributed by atoms with E-state index in [2.05, 4.69) is 83.7 Å². The van der Waals surface area contributed by atoms with Gasteiger partial charge in [0.1, 0.15) is 11.9 Å². The Morgan fingerprint density at radius 1 is 0.893 bits per heavy atom. The van der Waals surface area contributed by atoms with Crippen LogP contribution in [-0.2, 0) is 8.85 Å². The van der Waals surface area contributed by atoms with E-state index in [-0.39, 0.29) is 16.2 Å². The molecule has 0 bridgehead atoms. The molecule has 1 rings (SSSR count). The molecular weight excluding hydrogens is 448 g/mol. The average molecular weight is 490 g/mol. The maximum Gasteiger partial charge on any atom is 0.192 e. The van der Waals surface area contributed by atoms with Crippen LogP contribution in [0.1, 0.15) is 48.0 Å². The van der Waals surface area contributed by atoms with Gasteiger partial charge in [-0.25, -0.2) is 0 Å². The first kappa shape index (κ1) is 25.9. The molecule has 1 unspecified atom stereocenters. The molecule has 0 aliphatic rings. The Balaban J connectivity index is 2.80. The van der Waals surface area contributed by atoms with Gasteiger partial charge < -0.3 is 13.6 Å². The van der Waals surface area contributed by atoms with E-state index in [0.717, 1.165) is 16.6 Å². The molecule has 0 N–H and O–H groups in total. The molecule has 0 heterocycles. The molecule has 0 aliphatic heterocycles. The normalized spacial score (nSPS) is 14.8. The maximum absolute atomic E-state index is 6.47. The fourth-order valence-electron chi connectivity index (χ4n) is 2.09. The topological polar surface area (TPSA) is 27.7 Å². The molecule has 1 aromatic carbocycles. The highest BCUT2D eigenvalue weighted by Gasteiger charge is 2.39. The summed E-state index contributed by atoms with van der Waals surface area (Å²) >= 11 is 3.53. The third-order valence-corrected chi connectivity index (χ3v) is 15.8. The third kappa shape index (κ3) is 7.94. The molecule has 162 valence electrons. The van der Waals surface area contributed by atoms with Gasteiger partial charge in [-0.05, 0) is 54.5 Å². The molecule has 0 spiro atoms. The van der Waals surface area contributed by atoms with Gasteiger partial charge in [0.2, 0.25) is 0 Å². The Hall–Kier alpha value is -0.146. The quantitative estimate of drug-likeness (QED) is 0.334. The highest BCUT2D eigenvalue weighted by atomic mass is 79.9. The summed E-state index contributed by atoms with van der Waals surface area (Å²) in [6.07, 6.45) is 0.807. The molecular formula is C22H41BrO3Si2. The second kappa shape index (κ2) is 9.77. The van der Waals surface area contributed by atoms with E-state index < -0.39 is 16.6 Å². The summed E-state index contributed by atoms with van der Waals surface area (Å²) in [5.74, 6) is 0.866. The van der Waals surface area contributed by atoms with Crippen molar-refractivity contribution in [2.45, 2.75) is 90.3 Å².